The quantitative estimate of drug-likeness (QED) is 0.717. The number of nitriles is 1. The number of hydrogen-bond acceptors (Lipinski definition) is 2. The molecule has 2 heteroatoms. The number of fused-ring (bicyclic) bond motifs is 1. The highest BCUT2D eigenvalue weighted by molar-refractivity contribution is 5.33. The molecule has 0 aliphatic carbocycles. The first-order valence-corrected chi connectivity index (χ1v) is 8.60. The van der Waals surface area contributed by atoms with Gasteiger partial charge in [-0.2, -0.15) is 5.26 Å². The molecule has 2 heterocycles. The summed E-state index contributed by atoms with van der Waals surface area (Å²) in [5.74, 6) is 0. The molecule has 3 rings (SSSR count). The smallest absolute Gasteiger partial charge is 0.135 e. The topological polar surface area (TPSA) is 27.0 Å². The molecule has 2 unspecified atom stereocenters. The van der Waals surface area contributed by atoms with Crippen molar-refractivity contribution in [3.8, 4) is 6.07 Å². The van der Waals surface area contributed by atoms with Gasteiger partial charge in [0.25, 0.3) is 0 Å². The van der Waals surface area contributed by atoms with E-state index in [2.05, 4.69) is 23.1 Å². The molecule has 0 saturated carbocycles. The van der Waals surface area contributed by atoms with Crippen LogP contribution in [0.25, 0.3) is 0 Å². The lowest BCUT2D eigenvalue weighted by Crippen LogP contribution is -2.46. The fourth-order valence-corrected chi connectivity index (χ4v) is 3.53. The highest BCUT2D eigenvalue weighted by atomic mass is 15.3. The van der Waals surface area contributed by atoms with Gasteiger partial charge in [0.15, 0.2) is 0 Å². The third-order valence-electron chi connectivity index (χ3n) is 4.39. The fourth-order valence-electron chi connectivity index (χ4n) is 3.53. The molecule has 2 nitrogen and oxygen atoms in total. The summed E-state index contributed by atoms with van der Waals surface area (Å²) in [5, 5.41) is 9.72. The molecule has 21 heavy (non-hydrogen) atoms. The Morgan fingerprint density at radius 2 is 1.71 bits per heavy atom. The molecule has 0 N–H and O–H groups in total. The minimum absolute atomic E-state index is 0.341. The van der Waals surface area contributed by atoms with Crippen LogP contribution in [0.2, 0.25) is 0 Å². The number of hydrogen-bond donors (Lipinski definition) is 0. The van der Waals surface area contributed by atoms with Crippen LogP contribution in [0.3, 0.4) is 0 Å². The first-order chi connectivity index (χ1) is 10.4. The maximum atomic E-state index is 9.72. The molecule has 0 spiro atoms. The zero-order chi connectivity index (χ0) is 15.7. The Bertz CT molecular complexity index is 435. The van der Waals surface area contributed by atoms with E-state index in [1.165, 1.54) is 31.2 Å². The SMILES string of the molecule is CC.CC.N#CC1(c2ccccc2)CCC2CCCCN21. The van der Waals surface area contributed by atoms with Gasteiger partial charge < -0.3 is 0 Å². The van der Waals surface area contributed by atoms with E-state index in [-0.39, 0.29) is 5.54 Å². The molecule has 2 aliphatic rings. The Hall–Kier alpha value is -1.33. The molecule has 0 radical (unpaired) electrons. The van der Waals surface area contributed by atoms with Gasteiger partial charge in [-0.15, -0.1) is 0 Å². The van der Waals surface area contributed by atoms with E-state index < -0.39 is 0 Å². The molecule has 1 aromatic carbocycles. The standard InChI is InChI=1S/C15H18N2.2C2H6/c16-12-15(13-6-2-1-3-7-13)10-9-14-8-4-5-11-17(14)15;2*1-2/h1-3,6-7,14H,4-5,8-11H2;2*1-2H3. The Kier molecular flexibility index (Phi) is 7.47. The molecule has 2 aliphatic heterocycles. The second-order valence-corrected chi connectivity index (χ2v) is 5.22. The fraction of sp³-hybridized carbons (Fsp3) is 0.632. The van der Waals surface area contributed by atoms with Crippen molar-refractivity contribution in [1.29, 1.82) is 5.26 Å². The van der Waals surface area contributed by atoms with Gasteiger partial charge in [0.1, 0.15) is 5.54 Å². The monoisotopic (exact) mass is 286 g/mol. The predicted molar refractivity (Wildman–Crippen MR) is 90.0 cm³/mol. The molecule has 1 aromatic rings. The van der Waals surface area contributed by atoms with Gasteiger partial charge in [-0.1, -0.05) is 64.4 Å². The maximum absolute atomic E-state index is 9.72. The van der Waals surface area contributed by atoms with Crippen molar-refractivity contribution < 1.29 is 0 Å². The summed E-state index contributed by atoms with van der Waals surface area (Å²) in [5.41, 5.74) is 0.846. The van der Waals surface area contributed by atoms with E-state index in [1.54, 1.807) is 0 Å². The molecule has 2 saturated heterocycles. The third kappa shape index (κ3) is 3.47. The Balaban J connectivity index is 0.000000510. The minimum atomic E-state index is -0.341. The third-order valence-corrected chi connectivity index (χ3v) is 4.39. The average molecular weight is 286 g/mol. The zero-order valence-electron chi connectivity index (χ0n) is 14.1. The Labute approximate surface area is 130 Å². The van der Waals surface area contributed by atoms with Gasteiger partial charge in [-0.05, 0) is 31.2 Å². The van der Waals surface area contributed by atoms with Gasteiger partial charge in [0, 0.05) is 12.6 Å². The van der Waals surface area contributed by atoms with Crippen molar-refractivity contribution in [2.75, 3.05) is 6.54 Å². The van der Waals surface area contributed by atoms with Crippen molar-refractivity contribution in [2.45, 2.75) is 71.4 Å². The minimum Gasteiger partial charge on any atom is -0.279 e. The summed E-state index contributed by atoms with van der Waals surface area (Å²) in [6.07, 6.45) is 6.03. The molecule has 0 aromatic heterocycles. The molecule has 0 amide bonds. The summed E-state index contributed by atoms with van der Waals surface area (Å²) in [7, 11) is 0. The predicted octanol–water partition coefficient (Wildman–Crippen LogP) is 5.11. The molecule has 0 bridgehead atoms. The molecular weight excluding hydrogens is 256 g/mol. The number of piperidine rings is 1. The van der Waals surface area contributed by atoms with Gasteiger partial charge in [-0.25, -0.2) is 0 Å². The van der Waals surface area contributed by atoms with Crippen LogP contribution < -0.4 is 0 Å². The largest absolute Gasteiger partial charge is 0.279 e. The van der Waals surface area contributed by atoms with Crippen LogP contribution in [0.5, 0.6) is 0 Å². The highest BCUT2D eigenvalue weighted by Crippen LogP contribution is 2.44. The second kappa shape index (κ2) is 8.85. The lowest BCUT2D eigenvalue weighted by molar-refractivity contribution is 0.108. The van der Waals surface area contributed by atoms with E-state index in [1.807, 2.05) is 45.9 Å². The zero-order valence-corrected chi connectivity index (χ0v) is 14.1. The van der Waals surface area contributed by atoms with Crippen molar-refractivity contribution in [1.82, 2.24) is 4.90 Å². The molecular formula is C19H30N2. The Morgan fingerprint density at radius 3 is 2.33 bits per heavy atom. The van der Waals surface area contributed by atoms with Crippen LogP contribution in [0.15, 0.2) is 30.3 Å². The summed E-state index contributed by atoms with van der Waals surface area (Å²) >= 11 is 0. The van der Waals surface area contributed by atoms with E-state index in [9.17, 15) is 5.26 Å². The summed E-state index contributed by atoms with van der Waals surface area (Å²) in [6.45, 7) is 9.09. The van der Waals surface area contributed by atoms with Crippen molar-refractivity contribution in [3.05, 3.63) is 35.9 Å². The molecule has 2 fully saturated rings. The highest BCUT2D eigenvalue weighted by Gasteiger charge is 2.48. The van der Waals surface area contributed by atoms with Crippen LogP contribution in [0.4, 0.5) is 0 Å². The van der Waals surface area contributed by atoms with Crippen LogP contribution in [0.1, 0.15) is 65.4 Å². The van der Waals surface area contributed by atoms with Crippen molar-refractivity contribution >= 4 is 0 Å². The van der Waals surface area contributed by atoms with Crippen LogP contribution in [-0.2, 0) is 5.54 Å². The van der Waals surface area contributed by atoms with Crippen LogP contribution in [-0.4, -0.2) is 17.5 Å². The van der Waals surface area contributed by atoms with Gasteiger partial charge in [-0.3, -0.25) is 4.90 Å². The second-order valence-electron chi connectivity index (χ2n) is 5.22. The normalized spacial score (nSPS) is 27.3. The van der Waals surface area contributed by atoms with E-state index in [0.717, 1.165) is 13.0 Å². The number of benzene rings is 1. The van der Waals surface area contributed by atoms with Crippen LogP contribution in [0, 0.1) is 11.3 Å². The van der Waals surface area contributed by atoms with E-state index in [4.69, 9.17) is 0 Å². The van der Waals surface area contributed by atoms with E-state index >= 15 is 0 Å². The lowest BCUT2D eigenvalue weighted by atomic mass is 9.88. The average Bonchev–Trinajstić information content (AvgIpc) is 2.99. The van der Waals surface area contributed by atoms with Crippen LogP contribution >= 0.6 is 0 Å². The first-order valence-electron chi connectivity index (χ1n) is 8.60. The number of nitrogens with zero attached hydrogens (tertiary/aromatic N) is 2. The van der Waals surface area contributed by atoms with E-state index in [0.29, 0.717) is 6.04 Å². The first kappa shape index (κ1) is 17.7. The maximum Gasteiger partial charge on any atom is 0.135 e. The van der Waals surface area contributed by atoms with Gasteiger partial charge in [0.05, 0.1) is 6.07 Å². The van der Waals surface area contributed by atoms with Gasteiger partial charge >= 0.3 is 0 Å². The number of rotatable bonds is 1. The van der Waals surface area contributed by atoms with Crippen molar-refractivity contribution in [3.63, 3.8) is 0 Å². The summed E-state index contributed by atoms with van der Waals surface area (Å²) in [4.78, 5) is 2.46. The summed E-state index contributed by atoms with van der Waals surface area (Å²) in [6, 6.07) is 13.6. The summed E-state index contributed by atoms with van der Waals surface area (Å²) < 4.78 is 0. The van der Waals surface area contributed by atoms with Gasteiger partial charge in [0.2, 0.25) is 0 Å². The van der Waals surface area contributed by atoms with Crippen molar-refractivity contribution in [2.24, 2.45) is 0 Å². The Morgan fingerprint density at radius 1 is 1.05 bits per heavy atom. The molecule has 2 atom stereocenters. The lowest BCUT2D eigenvalue weighted by Gasteiger charge is -2.39. The molecule has 116 valence electrons.